The van der Waals surface area contributed by atoms with E-state index in [4.69, 9.17) is 4.74 Å². The molecule has 1 heterocycles. The first-order chi connectivity index (χ1) is 6.65. The zero-order valence-corrected chi connectivity index (χ0v) is 8.62. The molecule has 0 radical (unpaired) electrons. The van der Waals surface area contributed by atoms with Gasteiger partial charge in [-0.2, -0.15) is 0 Å². The van der Waals surface area contributed by atoms with E-state index in [-0.39, 0.29) is 5.97 Å². The molecule has 3 heteroatoms. The van der Waals surface area contributed by atoms with E-state index in [0.29, 0.717) is 18.6 Å². The number of carbonyl (C=O) groups excluding carboxylic acids is 1. The SMILES string of the molecule is C=C(Cc1cccn1C)C(=O)OCC. The summed E-state index contributed by atoms with van der Waals surface area (Å²) in [5.74, 6) is -0.311. The Morgan fingerprint density at radius 1 is 1.64 bits per heavy atom. The quantitative estimate of drug-likeness (QED) is 0.538. The molecule has 0 aliphatic heterocycles. The molecule has 1 rings (SSSR count). The normalized spacial score (nSPS) is 9.86. The highest BCUT2D eigenvalue weighted by Gasteiger charge is 2.09. The van der Waals surface area contributed by atoms with Crippen LogP contribution in [0, 0.1) is 0 Å². The molecule has 76 valence electrons. The molecule has 0 bridgehead atoms. The summed E-state index contributed by atoms with van der Waals surface area (Å²) >= 11 is 0. The fourth-order valence-corrected chi connectivity index (χ4v) is 1.20. The first-order valence-corrected chi connectivity index (χ1v) is 4.60. The van der Waals surface area contributed by atoms with Gasteiger partial charge in [-0.25, -0.2) is 4.79 Å². The monoisotopic (exact) mass is 193 g/mol. The number of rotatable bonds is 4. The maximum atomic E-state index is 11.2. The molecule has 0 saturated heterocycles. The van der Waals surface area contributed by atoms with Crippen molar-refractivity contribution in [2.75, 3.05) is 6.61 Å². The first-order valence-electron chi connectivity index (χ1n) is 4.60. The van der Waals surface area contributed by atoms with Gasteiger partial charge >= 0.3 is 5.97 Å². The van der Waals surface area contributed by atoms with Crippen molar-refractivity contribution in [1.82, 2.24) is 4.57 Å². The summed E-state index contributed by atoms with van der Waals surface area (Å²) < 4.78 is 6.81. The summed E-state index contributed by atoms with van der Waals surface area (Å²) in [5, 5.41) is 0. The van der Waals surface area contributed by atoms with Gasteiger partial charge in [0, 0.05) is 30.9 Å². The average Bonchev–Trinajstić information content (AvgIpc) is 2.52. The van der Waals surface area contributed by atoms with Crippen molar-refractivity contribution in [2.24, 2.45) is 7.05 Å². The molecule has 0 atom stereocenters. The van der Waals surface area contributed by atoms with Gasteiger partial charge in [-0.15, -0.1) is 0 Å². The average molecular weight is 193 g/mol. The second-order valence-electron chi connectivity index (χ2n) is 3.11. The molecule has 3 nitrogen and oxygen atoms in total. The Bertz CT molecular complexity index is 339. The fourth-order valence-electron chi connectivity index (χ4n) is 1.20. The van der Waals surface area contributed by atoms with Crippen molar-refractivity contribution < 1.29 is 9.53 Å². The maximum Gasteiger partial charge on any atom is 0.333 e. The Morgan fingerprint density at radius 2 is 2.36 bits per heavy atom. The Hall–Kier alpha value is -1.51. The third-order valence-corrected chi connectivity index (χ3v) is 2.01. The Balaban J connectivity index is 2.57. The highest BCUT2D eigenvalue weighted by Crippen LogP contribution is 2.07. The second-order valence-corrected chi connectivity index (χ2v) is 3.11. The highest BCUT2D eigenvalue weighted by molar-refractivity contribution is 5.88. The van der Waals surface area contributed by atoms with Crippen LogP contribution in [0.3, 0.4) is 0 Å². The van der Waals surface area contributed by atoms with Crippen LogP contribution in [0.2, 0.25) is 0 Å². The number of hydrogen-bond donors (Lipinski definition) is 0. The molecule has 0 saturated carbocycles. The van der Waals surface area contributed by atoms with Crippen LogP contribution >= 0.6 is 0 Å². The number of ether oxygens (including phenoxy) is 1. The summed E-state index contributed by atoms with van der Waals surface area (Å²) in [6.45, 7) is 5.88. The Morgan fingerprint density at radius 3 is 2.86 bits per heavy atom. The number of aryl methyl sites for hydroxylation is 1. The van der Waals surface area contributed by atoms with Crippen molar-refractivity contribution in [3.05, 3.63) is 36.2 Å². The predicted molar refractivity (Wildman–Crippen MR) is 54.9 cm³/mol. The van der Waals surface area contributed by atoms with Crippen LogP contribution in [0.1, 0.15) is 12.6 Å². The minimum atomic E-state index is -0.311. The number of aromatic nitrogens is 1. The third-order valence-electron chi connectivity index (χ3n) is 2.01. The number of hydrogen-bond acceptors (Lipinski definition) is 2. The maximum absolute atomic E-state index is 11.2. The topological polar surface area (TPSA) is 31.2 Å². The van der Waals surface area contributed by atoms with Gasteiger partial charge in [0.15, 0.2) is 0 Å². The molecule has 0 fully saturated rings. The summed E-state index contributed by atoms with van der Waals surface area (Å²) in [4.78, 5) is 11.2. The minimum Gasteiger partial charge on any atom is -0.463 e. The Labute approximate surface area is 84.0 Å². The molecule has 0 aliphatic carbocycles. The second kappa shape index (κ2) is 4.65. The lowest BCUT2D eigenvalue weighted by molar-refractivity contribution is -0.138. The lowest BCUT2D eigenvalue weighted by Crippen LogP contribution is -2.10. The summed E-state index contributed by atoms with van der Waals surface area (Å²) in [6.07, 6.45) is 2.48. The van der Waals surface area contributed by atoms with Crippen LogP contribution in [-0.2, 0) is 23.0 Å². The highest BCUT2D eigenvalue weighted by atomic mass is 16.5. The zero-order chi connectivity index (χ0) is 10.6. The lowest BCUT2D eigenvalue weighted by atomic mass is 10.2. The molecule has 0 unspecified atom stereocenters. The third kappa shape index (κ3) is 2.49. The molecular weight excluding hydrogens is 178 g/mol. The van der Waals surface area contributed by atoms with Crippen molar-refractivity contribution in [3.63, 3.8) is 0 Å². The number of esters is 1. The first kappa shape index (κ1) is 10.6. The largest absolute Gasteiger partial charge is 0.463 e. The van der Waals surface area contributed by atoms with Gasteiger partial charge in [0.1, 0.15) is 0 Å². The van der Waals surface area contributed by atoms with Gasteiger partial charge in [0.05, 0.1) is 6.61 Å². The van der Waals surface area contributed by atoms with E-state index in [9.17, 15) is 4.79 Å². The van der Waals surface area contributed by atoms with Crippen molar-refractivity contribution in [2.45, 2.75) is 13.3 Å². The van der Waals surface area contributed by atoms with Crippen molar-refractivity contribution >= 4 is 5.97 Å². The number of nitrogens with zero attached hydrogens (tertiary/aromatic N) is 1. The van der Waals surface area contributed by atoms with Gasteiger partial charge in [0.2, 0.25) is 0 Å². The van der Waals surface area contributed by atoms with Crippen LogP contribution in [0.4, 0.5) is 0 Å². The van der Waals surface area contributed by atoms with Gasteiger partial charge in [-0.05, 0) is 19.1 Å². The van der Waals surface area contributed by atoms with E-state index >= 15 is 0 Å². The molecule has 0 aromatic carbocycles. The van der Waals surface area contributed by atoms with Crippen molar-refractivity contribution in [1.29, 1.82) is 0 Å². The van der Waals surface area contributed by atoms with Gasteiger partial charge in [-0.1, -0.05) is 6.58 Å². The minimum absolute atomic E-state index is 0.311. The van der Waals surface area contributed by atoms with Gasteiger partial charge in [-0.3, -0.25) is 0 Å². The van der Waals surface area contributed by atoms with Crippen LogP contribution in [0.25, 0.3) is 0 Å². The molecule has 0 spiro atoms. The molecule has 14 heavy (non-hydrogen) atoms. The molecule has 1 aromatic heterocycles. The van der Waals surface area contributed by atoms with Crippen LogP contribution in [0.5, 0.6) is 0 Å². The van der Waals surface area contributed by atoms with Gasteiger partial charge in [0.25, 0.3) is 0 Å². The number of carbonyl (C=O) groups is 1. The molecule has 0 aliphatic rings. The predicted octanol–water partition coefficient (Wildman–Crippen LogP) is 1.69. The standard InChI is InChI=1S/C11H15NO2/c1-4-14-11(13)9(2)8-10-6-5-7-12(10)3/h5-7H,2,4,8H2,1,3H3. The molecular formula is C11H15NO2. The lowest BCUT2D eigenvalue weighted by Gasteiger charge is -2.05. The van der Waals surface area contributed by atoms with E-state index in [1.165, 1.54) is 0 Å². The van der Waals surface area contributed by atoms with Crippen molar-refractivity contribution in [3.8, 4) is 0 Å². The molecule has 0 N–H and O–H groups in total. The smallest absolute Gasteiger partial charge is 0.333 e. The Kier molecular flexibility index (Phi) is 3.51. The fraction of sp³-hybridized carbons (Fsp3) is 0.364. The summed E-state index contributed by atoms with van der Waals surface area (Å²) in [5.41, 5.74) is 1.55. The van der Waals surface area contributed by atoms with Crippen LogP contribution in [-0.4, -0.2) is 17.1 Å². The van der Waals surface area contributed by atoms with E-state index < -0.39 is 0 Å². The van der Waals surface area contributed by atoms with Gasteiger partial charge < -0.3 is 9.30 Å². The van der Waals surface area contributed by atoms with Crippen LogP contribution in [0.15, 0.2) is 30.5 Å². The van der Waals surface area contributed by atoms with E-state index in [2.05, 4.69) is 6.58 Å². The van der Waals surface area contributed by atoms with E-state index in [1.807, 2.05) is 29.9 Å². The van der Waals surface area contributed by atoms with E-state index in [0.717, 1.165) is 5.69 Å². The molecule has 1 aromatic rings. The van der Waals surface area contributed by atoms with E-state index in [1.54, 1.807) is 6.92 Å². The summed E-state index contributed by atoms with van der Waals surface area (Å²) in [6, 6.07) is 3.90. The molecule has 0 amide bonds. The summed E-state index contributed by atoms with van der Waals surface area (Å²) in [7, 11) is 1.94. The zero-order valence-electron chi connectivity index (χ0n) is 8.62. The van der Waals surface area contributed by atoms with Crippen LogP contribution < -0.4 is 0 Å².